The van der Waals surface area contributed by atoms with Crippen LogP contribution in [0, 0.1) is 11.3 Å². The Balaban J connectivity index is 2.25. The molecular weight excluding hydrogens is 251 g/mol. The summed E-state index contributed by atoms with van der Waals surface area (Å²) in [6.45, 7) is 1.21. The Morgan fingerprint density at radius 3 is 2.53 bits per heavy atom. The first-order valence-electron chi connectivity index (χ1n) is 4.86. The molecule has 0 radical (unpaired) electrons. The van der Waals surface area contributed by atoms with Gasteiger partial charge in [-0.2, -0.15) is 18.4 Å². The van der Waals surface area contributed by atoms with Crippen LogP contribution in [0.25, 0.3) is 0 Å². The Morgan fingerprint density at radius 2 is 2.06 bits per heavy atom. The van der Waals surface area contributed by atoms with Crippen molar-refractivity contribution in [1.29, 1.82) is 5.26 Å². The maximum atomic E-state index is 12.5. The van der Waals surface area contributed by atoms with Gasteiger partial charge in [0.05, 0.1) is 35.7 Å². The molecule has 1 aliphatic heterocycles. The maximum absolute atomic E-state index is 12.5. The van der Waals surface area contributed by atoms with Crippen LogP contribution >= 0.6 is 11.8 Å². The maximum Gasteiger partial charge on any atom is 0.417 e. The van der Waals surface area contributed by atoms with Gasteiger partial charge in [-0.15, -0.1) is 11.8 Å². The van der Waals surface area contributed by atoms with Crippen molar-refractivity contribution < 1.29 is 17.9 Å². The van der Waals surface area contributed by atoms with E-state index in [0.717, 1.165) is 6.07 Å². The van der Waals surface area contributed by atoms with E-state index in [0.29, 0.717) is 18.1 Å². The molecule has 0 amide bonds. The number of thioether (sulfide) groups is 1. The molecule has 1 aliphatic rings. The lowest BCUT2D eigenvalue weighted by Gasteiger charge is -2.25. The number of benzene rings is 1. The average molecular weight is 259 g/mol. The topological polar surface area (TPSA) is 33.0 Å². The highest BCUT2D eigenvalue weighted by atomic mass is 32.2. The molecule has 90 valence electrons. The number of rotatable bonds is 2. The molecule has 17 heavy (non-hydrogen) atoms. The quantitative estimate of drug-likeness (QED) is 0.818. The molecule has 1 aromatic carbocycles. The number of ether oxygens (including phenoxy) is 1. The second-order valence-corrected chi connectivity index (χ2v) is 4.97. The Kier molecular flexibility index (Phi) is 3.31. The summed E-state index contributed by atoms with van der Waals surface area (Å²) in [4.78, 5) is 0.669. The van der Waals surface area contributed by atoms with Crippen LogP contribution < -0.4 is 0 Å². The molecule has 0 saturated carbocycles. The van der Waals surface area contributed by atoms with Crippen LogP contribution in [0.5, 0.6) is 0 Å². The van der Waals surface area contributed by atoms with E-state index >= 15 is 0 Å². The van der Waals surface area contributed by atoms with Crippen molar-refractivity contribution >= 4 is 11.8 Å². The third kappa shape index (κ3) is 2.73. The molecule has 2 rings (SSSR count). The molecule has 6 heteroatoms. The lowest BCUT2D eigenvalue weighted by Crippen LogP contribution is -2.30. The highest BCUT2D eigenvalue weighted by Crippen LogP contribution is 2.35. The van der Waals surface area contributed by atoms with Gasteiger partial charge in [0.15, 0.2) is 0 Å². The summed E-state index contributed by atoms with van der Waals surface area (Å²) in [5.74, 6) is 0. The zero-order valence-electron chi connectivity index (χ0n) is 8.62. The van der Waals surface area contributed by atoms with E-state index < -0.39 is 11.7 Å². The lowest BCUT2D eigenvalue weighted by atomic mass is 10.1. The van der Waals surface area contributed by atoms with Crippen molar-refractivity contribution in [3.8, 4) is 6.07 Å². The molecular formula is C11H8F3NOS. The third-order valence-electron chi connectivity index (χ3n) is 2.33. The van der Waals surface area contributed by atoms with Crippen LogP contribution in [0.15, 0.2) is 23.1 Å². The zero-order chi connectivity index (χ0) is 12.5. The van der Waals surface area contributed by atoms with E-state index in [1.165, 1.54) is 23.9 Å². The second-order valence-electron chi connectivity index (χ2n) is 3.59. The van der Waals surface area contributed by atoms with E-state index in [9.17, 15) is 13.2 Å². The summed E-state index contributed by atoms with van der Waals surface area (Å²) >= 11 is 1.44. The van der Waals surface area contributed by atoms with Gasteiger partial charge in [0.2, 0.25) is 0 Å². The molecule has 2 nitrogen and oxygen atoms in total. The van der Waals surface area contributed by atoms with Gasteiger partial charge in [0.25, 0.3) is 0 Å². The highest BCUT2D eigenvalue weighted by molar-refractivity contribution is 8.00. The minimum Gasteiger partial charge on any atom is -0.379 e. The first kappa shape index (κ1) is 12.3. The Labute approximate surface area is 100 Å². The van der Waals surface area contributed by atoms with Crippen LogP contribution in [0.3, 0.4) is 0 Å². The highest BCUT2D eigenvalue weighted by Gasteiger charge is 2.33. The summed E-state index contributed by atoms with van der Waals surface area (Å²) in [7, 11) is 0. The molecule has 0 aliphatic carbocycles. The van der Waals surface area contributed by atoms with Crippen molar-refractivity contribution in [2.75, 3.05) is 13.2 Å². The van der Waals surface area contributed by atoms with Gasteiger partial charge in [-0.1, -0.05) is 0 Å². The van der Waals surface area contributed by atoms with Crippen LogP contribution in [0.4, 0.5) is 13.2 Å². The van der Waals surface area contributed by atoms with Gasteiger partial charge in [0.1, 0.15) is 0 Å². The molecule has 1 aromatic rings. The average Bonchev–Trinajstić information content (AvgIpc) is 2.21. The normalized spacial score (nSPS) is 16.4. The van der Waals surface area contributed by atoms with E-state index in [2.05, 4.69) is 0 Å². The van der Waals surface area contributed by atoms with Gasteiger partial charge in [0, 0.05) is 4.90 Å². The fourth-order valence-electron chi connectivity index (χ4n) is 1.41. The van der Waals surface area contributed by atoms with Crippen molar-refractivity contribution in [1.82, 2.24) is 0 Å². The molecule has 0 spiro atoms. The number of nitrogens with zero attached hydrogens (tertiary/aromatic N) is 1. The Hall–Kier alpha value is -1.19. The number of hydrogen-bond donors (Lipinski definition) is 0. The van der Waals surface area contributed by atoms with Gasteiger partial charge in [-0.05, 0) is 18.2 Å². The minimum atomic E-state index is -4.48. The predicted molar refractivity (Wildman–Crippen MR) is 56.6 cm³/mol. The summed E-state index contributed by atoms with van der Waals surface area (Å²) in [6.07, 6.45) is -4.48. The zero-order valence-corrected chi connectivity index (χ0v) is 9.44. The number of alkyl halides is 3. The Bertz CT molecular complexity index is 463. The van der Waals surface area contributed by atoms with Crippen LogP contribution in [-0.2, 0) is 10.9 Å². The SMILES string of the molecule is N#Cc1cc(SC2COC2)ccc1C(F)(F)F. The monoisotopic (exact) mass is 259 g/mol. The van der Waals surface area contributed by atoms with Gasteiger partial charge in [-0.25, -0.2) is 0 Å². The molecule has 0 N–H and O–H groups in total. The first-order chi connectivity index (χ1) is 8.00. The molecule has 0 aromatic heterocycles. The molecule has 0 atom stereocenters. The van der Waals surface area contributed by atoms with E-state index in [1.807, 2.05) is 0 Å². The lowest BCUT2D eigenvalue weighted by molar-refractivity contribution is -0.137. The summed E-state index contributed by atoms with van der Waals surface area (Å²) in [6, 6.07) is 5.22. The van der Waals surface area contributed by atoms with Crippen molar-refractivity contribution in [2.24, 2.45) is 0 Å². The summed E-state index contributed by atoms with van der Waals surface area (Å²) in [5, 5.41) is 9.00. The summed E-state index contributed by atoms with van der Waals surface area (Å²) < 4.78 is 42.6. The molecule has 0 unspecified atom stereocenters. The summed E-state index contributed by atoms with van der Waals surface area (Å²) in [5.41, 5.74) is -1.21. The molecule has 1 fully saturated rings. The van der Waals surface area contributed by atoms with Gasteiger partial charge in [-0.3, -0.25) is 0 Å². The molecule has 1 saturated heterocycles. The van der Waals surface area contributed by atoms with Crippen molar-refractivity contribution in [3.63, 3.8) is 0 Å². The van der Waals surface area contributed by atoms with Crippen molar-refractivity contribution in [2.45, 2.75) is 16.3 Å². The third-order valence-corrected chi connectivity index (χ3v) is 3.46. The standard InChI is InChI=1S/C11H8F3NOS/c12-11(13,14)10-2-1-8(3-7(10)4-15)17-9-5-16-6-9/h1-3,9H,5-6H2. The fraction of sp³-hybridized carbons (Fsp3) is 0.364. The first-order valence-corrected chi connectivity index (χ1v) is 5.74. The van der Waals surface area contributed by atoms with Gasteiger partial charge >= 0.3 is 6.18 Å². The van der Waals surface area contributed by atoms with Gasteiger partial charge < -0.3 is 4.74 Å². The van der Waals surface area contributed by atoms with E-state index in [-0.39, 0.29) is 10.8 Å². The van der Waals surface area contributed by atoms with E-state index in [4.69, 9.17) is 10.00 Å². The van der Waals surface area contributed by atoms with E-state index in [1.54, 1.807) is 6.07 Å². The number of hydrogen-bond acceptors (Lipinski definition) is 3. The van der Waals surface area contributed by atoms with Crippen LogP contribution in [0.2, 0.25) is 0 Å². The largest absolute Gasteiger partial charge is 0.417 e. The number of nitriles is 1. The predicted octanol–water partition coefficient (Wildman–Crippen LogP) is 3.07. The molecule has 1 heterocycles. The van der Waals surface area contributed by atoms with Crippen molar-refractivity contribution in [3.05, 3.63) is 29.3 Å². The van der Waals surface area contributed by atoms with Crippen LogP contribution in [0.1, 0.15) is 11.1 Å². The fourth-order valence-corrected chi connectivity index (χ4v) is 2.46. The minimum absolute atomic E-state index is 0.276. The second kappa shape index (κ2) is 4.59. The molecule has 0 bridgehead atoms. The number of halogens is 3. The van der Waals surface area contributed by atoms with Crippen LogP contribution in [-0.4, -0.2) is 18.5 Å². The Morgan fingerprint density at radius 1 is 1.35 bits per heavy atom. The smallest absolute Gasteiger partial charge is 0.379 e.